The number of hydrogen-bond acceptors (Lipinski definition) is 7. The van der Waals surface area contributed by atoms with Crippen molar-refractivity contribution in [3.8, 4) is 17.2 Å². The smallest absolute Gasteiger partial charge is 0.227 e. The Morgan fingerprint density at radius 3 is 2.50 bits per heavy atom. The quantitative estimate of drug-likeness (QED) is 0.175. The summed E-state index contributed by atoms with van der Waals surface area (Å²) in [5, 5.41) is 7.00. The molecule has 0 amide bonds. The van der Waals surface area contributed by atoms with Gasteiger partial charge in [0, 0.05) is 23.6 Å². The van der Waals surface area contributed by atoms with Crippen molar-refractivity contribution in [2.75, 3.05) is 18.9 Å². The van der Waals surface area contributed by atoms with Crippen molar-refractivity contribution < 1.29 is 23.4 Å². The van der Waals surface area contributed by atoms with E-state index in [0.29, 0.717) is 35.1 Å². The van der Waals surface area contributed by atoms with Crippen molar-refractivity contribution in [3.63, 3.8) is 0 Å². The van der Waals surface area contributed by atoms with Crippen LogP contribution in [0.2, 0.25) is 0 Å². The number of aliphatic hydroxyl groups is 1. The molecule has 1 fully saturated rings. The first kappa shape index (κ1) is 27.7. The summed E-state index contributed by atoms with van der Waals surface area (Å²) in [6.07, 6.45) is 6.96. The Morgan fingerprint density at radius 2 is 1.84 bits per heavy atom. The van der Waals surface area contributed by atoms with E-state index in [4.69, 9.17) is 19.2 Å². The van der Waals surface area contributed by atoms with E-state index in [0.717, 1.165) is 29.0 Å². The number of benzene rings is 3. The number of rotatable bonds is 8. The first-order valence-corrected chi connectivity index (χ1v) is 13.6. The number of ether oxygens (including phenoxy) is 1. The first-order valence-electron chi connectivity index (χ1n) is 12.8. The highest BCUT2D eigenvalue weighted by molar-refractivity contribution is 8.00. The number of nitrogens with one attached hydrogen (secondary N) is 1. The van der Waals surface area contributed by atoms with Crippen molar-refractivity contribution in [2.45, 2.75) is 49.8 Å². The number of fused-ring (bicyclic) bond motifs is 1. The number of aldehydes is 1. The molecule has 6 nitrogen and oxygen atoms in total. The minimum absolute atomic E-state index is 0.0455. The monoisotopic (exact) mass is 536 g/mol. The van der Waals surface area contributed by atoms with Crippen LogP contribution in [0.25, 0.3) is 22.6 Å². The Labute approximate surface area is 226 Å². The van der Waals surface area contributed by atoms with E-state index in [1.807, 2.05) is 18.2 Å². The van der Waals surface area contributed by atoms with E-state index in [2.05, 4.69) is 35.9 Å². The van der Waals surface area contributed by atoms with Gasteiger partial charge in [0.05, 0.1) is 18.4 Å². The molecule has 1 aromatic heterocycles. The van der Waals surface area contributed by atoms with Gasteiger partial charge in [-0.25, -0.2) is 9.37 Å². The predicted molar refractivity (Wildman–Crippen MR) is 150 cm³/mol. The Morgan fingerprint density at radius 1 is 1.11 bits per heavy atom. The topological polar surface area (TPSA) is 84.6 Å². The van der Waals surface area contributed by atoms with Gasteiger partial charge in [0.25, 0.3) is 0 Å². The summed E-state index contributed by atoms with van der Waals surface area (Å²) in [4.78, 5) is 16.6. The first-order chi connectivity index (χ1) is 18.6. The highest BCUT2D eigenvalue weighted by atomic mass is 32.2. The van der Waals surface area contributed by atoms with Gasteiger partial charge in [-0.05, 0) is 91.4 Å². The number of carbonyl (C=O) groups is 1. The molecule has 0 spiro atoms. The van der Waals surface area contributed by atoms with E-state index in [1.54, 1.807) is 0 Å². The lowest BCUT2D eigenvalue weighted by Crippen LogP contribution is -2.12. The zero-order chi connectivity index (χ0) is 27.1. The summed E-state index contributed by atoms with van der Waals surface area (Å²) >= 11 is 1.30. The van der Waals surface area contributed by atoms with Gasteiger partial charge in [-0.2, -0.15) is 0 Å². The number of anilines is 1. The van der Waals surface area contributed by atoms with E-state index < -0.39 is 5.82 Å². The van der Waals surface area contributed by atoms with Gasteiger partial charge in [-0.15, -0.1) is 0 Å². The molecule has 38 heavy (non-hydrogen) atoms. The van der Waals surface area contributed by atoms with Crippen molar-refractivity contribution in [3.05, 3.63) is 71.5 Å². The number of aliphatic hydroxyl groups excluding tert-OH is 1. The van der Waals surface area contributed by atoms with Gasteiger partial charge in [-0.3, -0.25) is 4.79 Å². The highest BCUT2D eigenvalue weighted by Crippen LogP contribution is 2.38. The van der Waals surface area contributed by atoms with Crippen molar-refractivity contribution in [2.24, 2.45) is 5.92 Å². The molecular weight excluding hydrogens is 503 g/mol. The largest absolute Gasteiger partial charge is 0.495 e. The van der Waals surface area contributed by atoms with E-state index in [1.165, 1.54) is 68.9 Å². The molecule has 5 rings (SSSR count). The normalized spacial score (nSPS) is 17.0. The molecule has 2 N–H and O–H groups in total. The molecule has 0 atom stereocenters. The van der Waals surface area contributed by atoms with E-state index in [9.17, 15) is 9.18 Å². The lowest BCUT2D eigenvalue weighted by Gasteiger charge is -2.28. The molecule has 0 bridgehead atoms. The van der Waals surface area contributed by atoms with Crippen LogP contribution >= 0.6 is 11.9 Å². The maximum absolute atomic E-state index is 14.1. The average molecular weight is 537 g/mol. The van der Waals surface area contributed by atoms with Crippen LogP contribution in [0.5, 0.6) is 5.75 Å². The van der Waals surface area contributed by atoms with Crippen molar-refractivity contribution in [1.29, 1.82) is 0 Å². The van der Waals surface area contributed by atoms with Crippen LogP contribution in [0, 0.1) is 11.7 Å². The maximum Gasteiger partial charge on any atom is 0.227 e. The summed E-state index contributed by atoms with van der Waals surface area (Å²) in [5.41, 5.74) is 4.20. The summed E-state index contributed by atoms with van der Waals surface area (Å²) in [7, 11) is 2.48. The van der Waals surface area contributed by atoms with Crippen LogP contribution in [0.3, 0.4) is 0 Å². The number of hydrogen-bond donors (Lipinski definition) is 2. The third-order valence-corrected chi connectivity index (χ3v) is 7.95. The second-order valence-corrected chi connectivity index (χ2v) is 10.2. The number of aromatic nitrogens is 1. The van der Waals surface area contributed by atoms with Crippen LogP contribution in [0.15, 0.2) is 63.9 Å². The summed E-state index contributed by atoms with van der Waals surface area (Å²) in [5.74, 6) is 1.92. The highest BCUT2D eigenvalue weighted by Gasteiger charge is 2.21. The number of carbonyl (C=O) groups excluding carboxylic acids is 1. The number of oxazole rings is 1. The van der Waals surface area contributed by atoms with Crippen LogP contribution in [-0.2, 0) is 0 Å². The standard InChI is InChI=1S/C29H29FN2O3S.CH4O/c1-3-18-4-6-19(7-5-18)20-8-10-21(11-9-20)29-31-25-15-23(12-13-27(25)35-29)36-32-26-16-24(30)22(17-33)14-28(26)34-2;1-2/h8-19,32H,3-7H2,1-2H3;2H,1H3. The third-order valence-electron chi connectivity index (χ3n) is 7.14. The minimum Gasteiger partial charge on any atom is -0.495 e. The molecule has 0 saturated heterocycles. The molecule has 8 heteroatoms. The Hall–Kier alpha value is -3.36. The minimum atomic E-state index is -0.606. The Kier molecular flexibility index (Phi) is 9.42. The lowest BCUT2D eigenvalue weighted by molar-refractivity contribution is 0.111. The average Bonchev–Trinajstić information content (AvgIpc) is 3.41. The zero-order valence-electron chi connectivity index (χ0n) is 21.9. The molecule has 0 aliphatic heterocycles. The summed E-state index contributed by atoms with van der Waals surface area (Å²) in [6.45, 7) is 2.30. The fourth-order valence-electron chi connectivity index (χ4n) is 4.92. The van der Waals surface area contributed by atoms with Gasteiger partial charge in [0.15, 0.2) is 11.9 Å². The Bertz CT molecular complexity index is 1360. The summed E-state index contributed by atoms with van der Waals surface area (Å²) < 4.78 is 28.5. The van der Waals surface area contributed by atoms with Gasteiger partial charge >= 0.3 is 0 Å². The second kappa shape index (κ2) is 12.9. The number of halogens is 1. The molecule has 1 heterocycles. The maximum atomic E-state index is 14.1. The SMILES string of the molecule is CCC1CCC(c2ccc(-c3nc4cc(SNc5cc(F)c(C=O)cc5OC)ccc4o3)cc2)CC1.CO. The zero-order valence-corrected chi connectivity index (χ0v) is 22.7. The van der Waals surface area contributed by atoms with Crippen molar-refractivity contribution in [1.82, 2.24) is 4.98 Å². The molecule has 3 aromatic carbocycles. The van der Waals surface area contributed by atoms with Crippen LogP contribution in [0.4, 0.5) is 10.1 Å². The molecule has 1 aliphatic carbocycles. The molecule has 4 aromatic rings. The number of methoxy groups -OCH3 is 1. The van der Waals surface area contributed by atoms with E-state index >= 15 is 0 Å². The molecule has 0 radical (unpaired) electrons. The fourth-order valence-corrected chi connectivity index (χ4v) is 5.61. The van der Waals surface area contributed by atoms with Crippen LogP contribution < -0.4 is 9.46 Å². The van der Waals surface area contributed by atoms with E-state index in [-0.39, 0.29) is 5.56 Å². The molecule has 200 valence electrons. The van der Waals surface area contributed by atoms with Gasteiger partial charge in [-0.1, -0.05) is 25.5 Å². The third kappa shape index (κ3) is 6.19. The van der Waals surface area contributed by atoms with Crippen molar-refractivity contribution >= 4 is 35.0 Å². The fraction of sp³-hybridized carbons (Fsp3) is 0.333. The van der Waals surface area contributed by atoms with Crippen LogP contribution in [-0.4, -0.2) is 30.6 Å². The number of nitrogens with zero attached hydrogens (tertiary/aromatic N) is 1. The molecular formula is C30H33FN2O4S. The van der Waals surface area contributed by atoms with Gasteiger partial charge < -0.3 is 19.0 Å². The molecule has 1 aliphatic rings. The van der Waals surface area contributed by atoms with Gasteiger partial charge in [0.1, 0.15) is 17.1 Å². The molecule has 0 unspecified atom stereocenters. The molecule has 1 saturated carbocycles. The lowest BCUT2D eigenvalue weighted by atomic mass is 9.78. The second-order valence-electron chi connectivity index (χ2n) is 9.29. The summed E-state index contributed by atoms with van der Waals surface area (Å²) in [6, 6.07) is 17.0. The predicted octanol–water partition coefficient (Wildman–Crippen LogP) is 7.87. The Balaban J connectivity index is 0.00000164. The van der Waals surface area contributed by atoms with Crippen LogP contribution in [0.1, 0.15) is 60.9 Å². The van der Waals surface area contributed by atoms with Gasteiger partial charge in [0.2, 0.25) is 5.89 Å².